The first-order chi connectivity index (χ1) is 12.1. The standard InChI is InChI=1S/C20H23N3O2/c21-19(24)16-6-8-18(9-7-16)22-20(25)17-10-12-23(13-11-17)14-15-4-2-1-3-5-15/h1-9,17H,10-14H2,(H2,21,24)(H,22,25). The van der Waals surface area contributed by atoms with E-state index < -0.39 is 5.91 Å². The van der Waals surface area contributed by atoms with E-state index in [1.807, 2.05) is 6.07 Å². The molecular weight excluding hydrogens is 314 g/mol. The second kappa shape index (κ2) is 7.94. The van der Waals surface area contributed by atoms with Gasteiger partial charge >= 0.3 is 0 Å². The Hall–Kier alpha value is -2.66. The molecule has 1 saturated heterocycles. The van der Waals surface area contributed by atoms with E-state index in [-0.39, 0.29) is 11.8 Å². The Balaban J connectivity index is 1.49. The lowest BCUT2D eigenvalue weighted by atomic mass is 9.95. The van der Waals surface area contributed by atoms with Crippen molar-refractivity contribution in [2.75, 3.05) is 18.4 Å². The van der Waals surface area contributed by atoms with Crippen LogP contribution in [0.15, 0.2) is 54.6 Å². The van der Waals surface area contributed by atoms with Crippen LogP contribution in [0.25, 0.3) is 0 Å². The van der Waals surface area contributed by atoms with Crippen molar-refractivity contribution in [2.24, 2.45) is 11.7 Å². The van der Waals surface area contributed by atoms with Gasteiger partial charge in [-0.25, -0.2) is 0 Å². The van der Waals surface area contributed by atoms with Crippen LogP contribution in [-0.4, -0.2) is 29.8 Å². The molecule has 1 heterocycles. The number of nitrogens with two attached hydrogens (primary N) is 1. The zero-order valence-corrected chi connectivity index (χ0v) is 14.2. The Morgan fingerprint density at radius 1 is 1.00 bits per heavy atom. The van der Waals surface area contributed by atoms with Gasteiger partial charge in [0.2, 0.25) is 11.8 Å². The third-order valence-corrected chi connectivity index (χ3v) is 4.64. The summed E-state index contributed by atoms with van der Waals surface area (Å²) in [6.07, 6.45) is 1.72. The van der Waals surface area contributed by atoms with Crippen molar-refractivity contribution in [2.45, 2.75) is 19.4 Å². The molecule has 5 heteroatoms. The average Bonchev–Trinajstić information content (AvgIpc) is 2.63. The first kappa shape index (κ1) is 17.2. The lowest BCUT2D eigenvalue weighted by Crippen LogP contribution is -2.37. The molecule has 1 aliphatic rings. The summed E-state index contributed by atoms with van der Waals surface area (Å²) >= 11 is 0. The van der Waals surface area contributed by atoms with E-state index in [9.17, 15) is 9.59 Å². The molecule has 130 valence electrons. The summed E-state index contributed by atoms with van der Waals surface area (Å²) in [6.45, 7) is 2.78. The summed E-state index contributed by atoms with van der Waals surface area (Å²) in [7, 11) is 0. The molecule has 1 aliphatic heterocycles. The SMILES string of the molecule is NC(=O)c1ccc(NC(=O)C2CCN(Cc3ccccc3)CC2)cc1. The molecule has 0 spiro atoms. The molecule has 3 rings (SSSR count). The van der Waals surface area contributed by atoms with Crippen molar-refractivity contribution in [1.29, 1.82) is 0 Å². The lowest BCUT2D eigenvalue weighted by Gasteiger charge is -2.31. The fourth-order valence-electron chi connectivity index (χ4n) is 3.16. The normalized spacial score (nSPS) is 15.7. The molecule has 2 amide bonds. The van der Waals surface area contributed by atoms with Crippen molar-refractivity contribution < 1.29 is 9.59 Å². The monoisotopic (exact) mass is 337 g/mol. The smallest absolute Gasteiger partial charge is 0.248 e. The zero-order valence-electron chi connectivity index (χ0n) is 14.2. The van der Waals surface area contributed by atoms with Gasteiger partial charge in [0, 0.05) is 23.7 Å². The Bertz CT molecular complexity index is 720. The number of likely N-dealkylation sites (tertiary alicyclic amines) is 1. The Kier molecular flexibility index (Phi) is 5.46. The number of carbonyl (C=O) groups excluding carboxylic acids is 2. The van der Waals surface area contributed by atoms with Crippen LogP contribution in [0.3, 0.4) is 0 Å². The van der Waals surface area contributed by atoms with Crippen molar-refractivity contribution >= 4 is 17.5 Å². The van der Waals surface area contributed by atoms with Gasteiger partial charge in [-0.2, -0.15) is 0 Å². The largest absolute Gasteiger partial charge is 0.366 e. The van der Waals surface area contributed by atoms with Gasteiger partial charge in [-0.1, -0.05) is 30.3 Å². The Labute approximate surface area is 147 Å². The Morgan fingerprint density at radius 2 is 1.64 bits per heavy atom. The molecule has 2 aromatic rings. The number of anilines is 1. The number of benzene rings is 2. The number of primary amides is 1. The number of amides is 2. The predicted octanol–water partition coefficient (Wildman–Crippen LogP) is 2.64. The van der Waals surface area contributed by atoms with Crippen molar-refractivity contribution in [3.05, 3.63) is 65.7 Å². The number of piperidine rings is 1. The molecule has 5 nitrogen and oxygen atoms in total. The second-order valence-electron chi connectivity index (χ2n) is 6.47. The van der Waals surface area contributed by atoms with Crippen LogP contribution in [0.2, 0.25) is 0 Å². The number of carbonyl (C=O) groups is 2. The fraction of sp³-hybridized carbons (Fsp3) is 0.300. The van der Waals surface area contributed by atoms with Crippen LogP contribution in [0.5, 0.6) is 0 Å². The molecular formula is C20H23N3O2. The average molecular weight is 337 g/mol. The van der Waals surface area contributed by atoms with Crippen LogP contribution >= 0.6 is 0 Å². The molecule has 2 aromatic carbocycles. The summed E-state index contributed by atoms with van der Waals surface area (Å²) in [5.41, 5.74) is 7.66. The summed E-state index contributed by atoms with van der Waals surface area (Å²) in [5.74, 6) is -0.391. The van der Waals surface area contributed by atoms with E-state index in [1.54, 1.807) is 24.3 Å². The van der Waals surface area contributed by atoms with Gasteiger partial charge in [-0.15, -0.1) is 0 Å². The highest BCUT2D eigenvalue weighted by Crippen LogP contribution is 2.21. The quantitative estimate of drug-likeness (QED) is 0.881. The van der Waals surface area contributed by atoms with Crippen molar-refractivity contribution in [3.63, 3.8) is 0 Å². The van der Waals surface area contributed by atoms with Gasteiger partial charge in [-0.05, 0) is 55.8 Å². The maximum atomic E-state index is 12.4. The fourth-order valence-corrected chi connectivity index (χ4v) is 3.16. The molecule has 0 atom stereocenters. The minimum atomic E-state index is -0.469. The summed E-state index contributed by atoms with van der Waals surface area (Å²) < 4.78 is 0. The molecule has 25 heavy (non-hydrogen) atoms. The molecule has 0 saturated carbocycles. The number of hydrogen-bond acceptors (Lipinski definition) is 3. The van der Waals surface area contributed by atoms with Gasteiger partial charge in [0.15, 0.2) is 0 Å². The minimum Gasteiger partial charge on any atom is -0.366 e. The Morgan fingerprint density at radius 3 is 2.24 bits per heavy atom. The number of rotatable bonds is 5. The topological polar surface area (TPSA) is 75.4 Å². The molecule has 3 N–H and O–H groups in total. The summed E-state index contributed by atoms with van der Waals surface area (Å²) in [4.78, 5) is 25.9. The first-order valence-corrected chi connectivity index (χ1v) is 8.59. The lowest BCUT2D eigenvalue weighted by molar-refractivity contribution is -0.121. The van der Waals surface area contributed by atoms with Gasteiger partial charge in [0.25, 0.3) is 0 Å². The van der Waals surface area contributed by atoms with E-state index in [4.69, 9.17) is 5.73 Å². The number of hydrogen-bond donors (Lipinski definition) is 2. The molecule has 1 fully saturated rings. The number of nitrogens with one attached hydrogen (secondary N) is 1. The third kappa shape index (κ3) is 4.67. The van der Waals surface area contributed by atoms with Gasteiger partial charge < -0.3 is 11.1 Å². The molecule has 0 unspecified atom stereocenters. The van der Waals surface area contributed by atoms with Crippen LogP contribution in [0, 0.1) is 5.92 Å². The number of nitrogens with zero attached hydrogens (tertiary/aromatic N) is 1. The summed E-state index contributed by atoms with van der Waals surface area (Å²) in [6, 6.07) is 17.1. The molecule has 0 aliphatic carbocycles. The zero-order chi connectivity index (χ0) is 17.6. The van der Waals surface area contributed by atoms with Crippen LogP contribution < -0.4 is 11.1 Å². The van der Waals surface area contributed by atoms with E-state index >= 15 is 0 Å². The van der Waals surface area contributed by atoms with E-state index in [0.717, 1.165) is 32.5 Å². The minimum absolute atomic E-state index is 0.0304. The van der Waals surface area contributed by atoms with Gasteiger partial charge in [0.05, 0.1) is 0 Å². The van der Waals surface area contributed by atoms with Gasteiger partial charge in [-0.3, -0.25) is 14.5 Å². The van der Waals surface area contributed by atoms with E-state index in [1.165, 1.54) is 5.56 Å². The molecule has 0 aromatic heterocycles. The third-order valence-electron chi connectivity index (χ3n) is 4.64. The van der Waals surface area contributed by atoms with Crippen LogP contribution in [0.1, 0.15) is 28.8 Å². The molecule has 0 bridgehead atoms. The maximum Gasteiger partial charge on any atom is 0.248 e. The molecule has 0 radical (unpaired) electrons. The van der Waals surface area contributed by atoms with Crippen molar-refractivity contribution in [3.8, 4) is 0 Å². The highest BCUT2D eigenvalue weighted by atomic mass is 16.2. The van der Waals surface area contributed by atoms with Crippen molar-refractivity contribution in [1.82, 2.24) is 4.90 Å². The van der Waals surface area contributed by atoms with Crippen LogP contribution in [0.4, 0.5) is 5.69 Å². The summed E-state index contributed by atoms with van der Waals surface area (Å²) in [5, 5.41) is 2.93. The van der Waals surface area contributed by atoms with E-state index in [2.05, 4.69) is 34.5 Å². The maximum absolute atomic E-state index is 12.4. The van der Waals surface area contributed by atoms with Crippen LogP contribution in [-0.2, 0) is 11.3 Å². The van der Waals surface area contributed by atoms with E-state index in [0.29, 0.717) is 11.3 Å². The highest BCUT2D eigenvalue weighted by Gasteiger charge is 2.25. The highest BCUT2D eigenvalue weighted by molar-refractivity contribution is 5.95. The predicted molar refractivity (Wildman–Crippen MR) is 98.0 cm³/mol. The second-order valence-corrected chi connectivity index (χ2v) is 6.47. The van der Waals surface area contributed by atoms with Gasteiger partial charge in [0.1, 0.15) is 0 Å². The first-order valence-electron chi connectivity index (χ1n) is 8.59.